The van der Waals surface area contributed by atoms with Crippen molar-refractivity contribution in [2.45, 2.75) is 66.2 Å². The Kier molecular flexibility index (Phi) is 5.04. The molecule has 3 unspecified atom stereocenters. The van der Waals surface area contributed by atoms with Crippen LogP contribution in [0.5, 0.6) is 0 Å². The third kappa shape index (κ3) is 3.47. The third-order valence-corrected chi connectivity index (χ3v) is 5.08. The molecule has 3 atom stereocenters. The molecule has 0 heteroatoms. The smallest absolute Gasteiger partial charge is 0.0203 e. The molecule has 1 aliphatic carbocycles. The number of hydrogen-bond acceptors (Lipinski definition) is 0. The summed E-state index contributed by atoms with van der Waals surface area (Å²) in [5.41, 5.74) is 3.37. The molecule has 0 N–H and O–H groups in total. The highest BCUT2D eigenvalue weighted by Crippen LogP contribution is 2.48. The predicted octanol–water partition coefficient (Wildman–Crippen LogP) is 5.75. The van der Waals surface area contributed by atoms with Crippen LogP contribution in [-0.2, 0) is 0 Å². The lowest BCUT2D eigenvalue weighted by molar-refractivity contribution is 0.103. The second kappa shape index (κ2) is 5.89. The van der Waals surface area contributed by atoms with Crippen molar-refractivity contribution in [1.82, 2.24) is 0 Å². The molecule has 98 valence electrons. The van der Waals surface area contributed by atoms with E-state index < -0.39 is 0 Å². The van der Waals surface area contributed by atoms with E-state index in [9.17, 15) is 0 Å². The van der Waals surface area contributed by atoms with E-state index in [2.05, 4.69) is 40.9 Å². The van der Waals surface area contributed by atoms with Gasteiger partial charge in [-0.05, 0) is 55.8 Å². The van der Waals surface area contributed by atoms with Gasteiger partial charge in [0.1, 0.15) is 0 Å². The molecule has 1 aliphatic rings. The van der Waals surface area contributed by atoms with E-state index in [0.717, 1.165) is 24.7 Å². The molecule has 1 rings (SSSR count). The Hall–Kier alpha value is -0.520. The highest BCUT2D eigenvalue weighted by atomic mass is 14.4. The molecule has 0 aliphatic heterocycles. The first kappa shape index (κ1) is 14.5. The van der Waals surface area contributed by atoms with Crippen LogP contribution in [-0.4, -0.2) is 0 Å². The first-order valence-electron chi connectivity index (χ1n) is 7.27. The highest BCUT2D eigenvalue weighted by Gasteiger charge is 2.37. The minimum absolute atomic E-state index is 0.484. The van der Waals surface area contributed by atoms with Crippen molar-refractivity contribution in [2.75, 3.05) is 0 Å². The van der Waals surface area contributed by atoms with Crippen LogP contribution in [0.1, 0.15) is 66.2 Å². The minimum atomic E-state index is 0.484. The van der Waals surface area contributed by atoms with E-state index in [1.54, 1.807) is 0 Å². The molecule has 0 nitrogen and oxygen atoms in total. The molecule has 1 fully saturated rings. The number of rotatable bonds is 5. The van der Waals surface area contributed by atoms with Crippen molar-refractivity contribution >= 4 is 0 Å². The van der Waals surface area contributed by atoms with Gasteiger partial charge < -0.3 is 0 Å². The van der Waals surface area contributed by atoms with Crippen LogP contribution in [0.3, 0.4) is 0 Å². The van der Waals surface area contributed by atoms with E-state index in [0.29, 0.717) is 5.41 Å². The SMILES string of the molecule is C=C(CC)CC1(C)CCC(C(=C)CC)CC1C. The van der Waals surface area contributed by atoms with Gasteiger partial charge >= 0.3 is 0 Å². The maximum atomic E-state index is 4.24. The van der Waals surface area contributed by atoms with Crippen molar-refractivity contribution in [1.29, 1.82) is 0 Å². The Morgan fingerprint density at radius 3 is 2.35 bits per heavy atom. The van der Waals surface area contributed by atoms with Gasteiger partial charge in [0.2, 0.25) is 0 Å². The molecule has 0 saturated heterocycles. The maximum absolute atomic E-state index is 4.24. The van der Waals surface area contributed by atoms with E-state index in [1.807, 2.05) is 0 Å². The standard InChI is InChI=1S/C17H30/c1-7-13(3)12-17(6)10-9-16(11-15(17)5)14(4)8-2/h15-16H,3-4,7-12H2,1-2,5-6H3. The molecule has 0 spiro atoms. The van der Waals surface area contributed by atoms with Crippen LogP contribution in [0, 0.1) is 17.3 Å². The second-order valence-corrected chi connectivity index (χ2v) is 6.32. The summed E-state index contributed by atoms with van der Waals surface area (Å²) in [7, 11) is 0. The fourth-order valence-corrected chi connectivity index (χ4v) is 3.20. The summed E-state index contributed by atoms with van der Waals surface area (Å²) in [5.74, 6) is 1.57. The number of allylic oxidation sites excluding steroid dienone is 2. The molecule has 0 aromatic heterocycles. The summed E-state index contributed by atoms with van der Waals surface area (Å²) in [6.45, 7) is 17.8. The molecule has 1 saturated carbocycles. The van der Waals surface area contributed by atoms with E-state index in [4.69, 9.17) is 0 Å². The van der Waals surface area contributed by atoms with Gasteiger partial charge in [-0.25, -0.2) is 0 Å². The normalized spacial score (nSPS) is 33.4. The van der Waals surface area contributed by atoms with Crippen molar-refractivity contribution in [3.8, 4) is 0 Å². The summed E-state index contributed by atoms with van der Waals surface area (Å²) < 4.78 is 0. The zero-order chi connectivity index (χ0) is 13.1. The van der Waals surface area contributed by atoms with Crippen molar-refractivity contribution < 1.29 is 0 Å². The molecule has 0 heterocycles. The quantitative estimate of drug-likeness (QED) is 0.531. The van der Waals surface area contributed by atoms with Crippen LogP contribution in [0.15, 0.2) is 24.3 Å². The first-order valence-corrected chi connectivity index (χ1v) is 7.27. The molecule has 17 heavy (non-hydrogen) atoms. The fraction of sp³-hybridized carbons (Fsp3) is 0.765. The van der Waals surface area contributed by atoms with Crippen LogP contribution < -0.4 is 0 Å². The molecule has 0 bridgehead atoms. The van der Waals surface area contributed by atoms with Gasteiger partial charge in [0.15, 0.2) is 0 Å². The Labute approximate surface area is 108 Å². The van der Waals surface area contributed by atoms with Crippen LogP contribution in [0.25, 0.3) is 0 Å². The average Bonchev–Trinajstić information content (AvgIpc) is 2.31. The van der Waals surface area contributed by atoms with Gasteiger partial charge in [0.05, 0.1) is 0 Å². The lowest BCUT2D eigenvalue weighted by atomic mass is 9.61. The Balaban J connectivity index is 2.63. The molecular formula is C17H30. The first-order chi connectivity index (χ1) is 7.92. The molecular weight excluding hydrogens is 204 g/mol. The largest absolute Gasteiger partial charge is 0.0999 e. The minimum Gasteiger partial charge on any atom is -0.0999 e. The summed E-state index contributed by atoms with van der Waals surface area (Å²) in [6.07, 6.45) is 7.51. The lowest BCUT2D eigenvalue weighted by Gasteiger charge is -2.44. The van der Waals surface area contributed by atoms with Crippen LogP contribution >= 0.6 is 0 Å². The number of hydrogen-bond donors (Lipinski definition) is 0. The zero-order valence-electron chi connectivity index (χ0n) is 12.3. The second-order valence-electron chi connectivity index (χ2n) is 6.32. The summed E-state index contributed by atoms with van der Waals surface area (Å²) >= 11 is 0. The molecule has 0 aromatic carbocycles. The predicted molar refractivity (Wildman–Crippen MR) is 78.1 cm³/mol. The van der Waals surface area contributed by atoms with E-state index in [-0.39, 0.29) is 0 Å². The van der Waals surface area contributed by atoms with Crippen LogP contribution in [0.4, 0.5) is 0 Å². The van der Waals surface area contributed by atoms with Crippen molar-refractivity contribution in [2.24, 2.45) is 17.3 Å². The fourth-order valence-electron chi connectivity index (χ4n) is 3.20. The average molecular weight is 234 g/mol. The topological polar surface area (TPSA) is 0 Å². The van der Waals surface area contributed by atoms with Gasteiger partial charge in [-0.2, -0.15) is 0 Å². The van der Waals surface area contributed by atoms with Gasteiger partial charge in [-0.3, -0.25) is 0 Å². The van der Waals surface area contributed by atoms with Crippen molar-refractivity contribution in [3.05, 3.63) is 24.3 Å². The van der Waals surface area contributed by atoms with Gasteiger partial charge in [-0.1, -0.05) is 52.0 Å². The van der Waals surface area contributed by atoms with Gasteiger partial charge in [0, 0.05) is 0 Å². The molecule has 0 aromatic rings. The summed E-state index contributed by atoms with van der Waals surface area (Å²) in [4.78, 5) is 0. The van der Waals surface area contributed by atoms with E-state index >= 15 is 0 Å². The lowest BCUT2D eigenvalue weighted by Crippen LogP contribution is -2.33. The summed E-state index contributed by atoms with van der Waals surface area (Å²) in [5, 5.41) is 0. The molecule has 0 amide bonds. The van der Waals surface area contributed by atoms with Gasteiger partial charge in [-0.15, -0.1) is 0 Å². The third-order valence-electron chi connectivity index (χ3n) is 5.08. The van der Waals surface area contributed by atoms with Gasteiger partial charge in [0.25, 0.3) is 0 Å². The Morgan fingerprint density at radius 1 is 1.24 bits per heavy atom. The van der Waals surface area contributed by atoms with Crippen molar-refractivity contribution in [3.63, 3.8) is 0 Å². The van der Waals surface area contributed by atoms with Crippen LogP contribution in [0.2, 0.25) is 0 Å². The maximum Gasteiger partial charge on any atom is -0.0203 e. The molecule has 0 radical (unpaired) electrons. The highest BCUT2D eigenvalue weighted by molar-refractivity contribution is 5.07. The Bertz CT molecular complexity index is 286. The summed E-state index contributed by atoms with van der Waals surface area (Å²) in [6, 6.07) is 0. The zero-order valence-corrected chi connectivity index (χ0v) is 12.3. The van der Waals surface area contributed by atoms with E-state index in [1.165, 1.54) is 36.8 Å². The monoisotopic (exact) mass is 234 g/mol. The Morgan fingerprint density at radius 2 is 1.88 bits per heavy atom.